The van der Waals surface area contributed by atoms with Crippen LogP contribution in [0, 0.1) is 11.8 Å². The van der Waals surface area contributed by atoms with Crippen molar-refractivity contribution in [1.82, 2.24) is 0 Å². The fourth-order valence-electron chi connectivity index (χ4n) is 3.36. The van der Waals surface area contributed by atoms with E-state index in [4.69, 9.17) is 4.74 Å². The van der Waals surface area contributed by atoms with Crippen molar-refractivity contribution in [2.75, 3.05) is 12.0 Å². The molecule has 1 aromatic carbocycles. The van der Waals surface area contributed by atoms with Gasteiger partial charge in [0, 0.05) is 12.0 Å². The van der Waals surface area contributed by atoms with Gasteiger partial charge in [-0.25, -0.2) is 4.79 Å². The quantitative estimate of drug-likeness (QED) is 0.852. The summed E-state index contributed by atoms with van der Waals surface area (Å²) in [4.78, 5) is 26.9. The number of amides is 1. The fraction of sp³-hybridized carbons (Fsp3) is 0.579. The number of methoxy groups -OCH3 is 1. The Bertz CT molecular complexity index is 603. The first-order valence-corrected chi connectivity index (χ1v) is 8.59. The van der Waals surface area contributed by atoms with Crippen molar-refractivity contribution in [2.24, 2.45) is 11.8 Å². The minimum atomic E-state index is -0.559. The highest BCUT2D eigenvalue weighted by molar-refractivity contribution is 6.03. The number of rotatable bonds is 4. The lowest BCUT2D eigenvalue weighted by Crippen LogP contribution is -2.43. The van der Waals surface area contributed by atoms with Crippen LogP contribution in [0.3, 0.4) is 0 Å². The Kier molecular flexibility index (Phi) is 5.86. The van der Waals surface area contributed by atoms with Gasteiger partial charge < -0.3 is 14.7 Å². The summed E-state index contributed by atoms with van der Waals surface area (Å²) < 4.78 is 4.81. The smallest absolute Gasteiger partial charge is 0.340 e. The van der Waals surface area contributed by atoms with E-state index in [0.29, 0.717) is 11.6 Å². The second-order valence-corrected chi connectivity index (χ2v) is 6.95. The molecule has 0 atom stereocenters. The third-order valence-corrected chi connectivity index (χ3v) is 4.76. The molecule has 0 radical (unpaired) electrons. The number of esters is 1. The predicted octanol–water partition coefficient (Wildman–Crippen LogP) is 3.75. The third kappa shape index (κ3) is 3.89. The standard InChI is InChI=1S/C19H27NO4/c1-12(2)20(18(22)14-7-5-13(3)6-8-14)17-10-9-15(21)11-16(17)19(23)24-4/h9-14,21H,5-8H2,1-4H3. The molecule has 1 aliphatic carbocycles. The van der Waals surface area contributed by atoms with Crippen molar-refractivity contribution < 1.29 is 19.4 Å². The molecule has 0 aromatic heterocycles. The van der Waals surface area contributed by atoms with Gasteiger partial charge in [-0.2, -0.15) is 0 Å². The van der Waals surface area contributed by atoms with E-state index in [1.165, 1.54) is 19.2 Å². The molecule has 5 nitrogen and oxygen atoms in total. The Labute approximate surface area is 143 Å². The molecule has 0 aliphatic heterocycles. The molecular formula is C19H27NO4. The van der Waals surface area contributed by atoms with Crippen LogP contribution in [0.2, 0.25) is 0 Å². The summed E-state index contributed by atoms with van der Waals surface area (Å²) in [5, 5.41) is 9.71. The molecule has 1 aliphatic rings. The van der Waals surface area contributed by atoms with Crippen LogP contribution in [-0.2, 0) is 9.53 Å². The lowest BCUT2D eigenvalue weighted by atomic mass is 9.82. The van der Waals surface area contributed by atoms with Gasteiger partial charge in [0.1, 0.15) is 5.75 Å². The van der Waals surface area contributed by atoms with E-state index < -0.39 is 5.97 Å². The zero-order valence-electron chi connectivity index (χ0n) is 14.9. The summed E-state index contributed by atoms with van der Waals surface area (Å²) in [6.07, 6.45) is 3.88. The molecule has 1 N–H and O–H groups in total. The van der Waals surface area contributed by atoms with Crippen LogP contribution >= 0.6 is 0 Å². The van der Waals surface area contributed by atoms with Gasteiger partial charge in [0.2, 0.25) is 5.91 Å². The molecular weight excluding hydrogens is 306 g/mol. The molecule has 0 unspecified atom stereocenters. The summed E-state index contributed by atoms with van der Waals surface area (Å²) in [6.45, 7) is 6.07. The summed E-state index contributed by atoms with van der Waals surface area (Å²) in [5.41, 5.74) is 0.710. The van der Waals surface area contributed by atoms with E-state index in [-0.39, 0.29) is 29.2 Å². The number of carbonyl (C=O) groups excluding carboxylic acids is 2. The maximum Gasteiger partial charge on any atom is 0.340 e. The van der Waals surface area contributed by atoms with Gasteiger partial charge in [-0.05, 0) is 63.6 Å². The van der Waals surface area contributed by atoms with E-state index in [9.17, 15) is 14.7 Å². The van der Waals surface area contributed by atoms with Gasteiger partial charge >= 0.3 is 5.97 Å². The Morgan fingerprint density at radius 3 is 2.38 bits per heavy atom. The maximum atomic E-state index is 13.1. The van der Waals surface area contributed by atoms with Crippen LogP contribution < -0.4 is 4.90 Å². The van der Waals surface area contributed by atoms with E-state index in [2.05, 4.69) is 6.92 Å². The second kappa shape index (κ2) is 7.69. The molecule has 5 heteroatoms. The number of nitrogens with zero attached hydrogens (tertiary/aromatic N) is 1. The summed E-state index contributed by atoms with van der Waals surface area (Å²) in [5.74, 6) is 0.120. The monoisotopic (exact) mass is 333 g/mol. The first-order valence-electron chi connectivity index (χ1n) is 8.59. The average molecular weight is 333 g/mol. The first-order chi connectivity index (χ1) is 11.3. The number of phenols is 1. The van der Waals surface area contributed by atoms with Crippen LogP contribution in [0.4, 0.5) is 5.69 Å². The number of hydrogen-bond donors (Lipinski definition) is 1. The highest BCUT2D eigenvalue weighted by Gasteiger charge is 2.32. The topological polar surface area (TPSA) is 66.8 Å². The van der Waals surface area contributed by atoms with E-state index in [1.807, 2.05) is 13.8 Å². The number of phenolic OH excluding ortho intramolecular Hbond substituents is 1. The highest BCUT2D eigenvalue weighted by Crippen LogP contribution is 2.34. The van der Waals surface area contributed by atoms with Crippen molar-refractivity contribution in [2.45, 2.75) is 52.5 Å². The Morgan fingerprint density at radius 1 is 1.21 bits per heavy atom. The normalized spacial score (nSPS) is 20.7. The van der Waals surface area contributed by atoms with Crippen LogP contribution in [-0.4, -0.2) is 30.1 Å². The minimum absolute atomic E-state index is 0.0112. The second-order valence-electron chi connectivity index (χ2n) is 6.95. The molecule has 1 aromatic rings. The molecule has 0 heterocycles. The fourth-order valence-corrected chi connectivity index (χ4v) is 3.36. The molecule has 1 fully saturated rings. The summed E-state index contributed by atoms with van der Waals surface area (Å²) in [7, 11) is 1.29. The van der Waals surface area contributed by atoms with Crippen LogP contribution in [0.1, 0.15) is 56.8 Å². The molecule has 2 rings (SSSR count). The van der Waals surface area contributed by atoms with Gasteiger partial charge in [0.15, 0.2) is 0 Å². The molecule has 1 saturated carbocycles. The minimum Gasteiger partial charge on any atom is -0.508 e. The van der Waals surface area contributed by atoms with E-state index in [0.717, 1.165) is 25.7 Å². The molecule has 0 bridgehead atoms. The molecule has 1 amide bonds. The van der Waals surface area contributed by atoms with Gasteiger partial charge in [0.25, 0.3) is 0 Å². The number of ether oxygens (including phenoxy) is 1. The van der Waals surface area contributed by atoms with E-state index in [1.54, 1.807) is 11.0 Å². The van der Waals surface area contributed by atoms with Crippen LogP contribution in [0.5, 0.6) is 5.75 Å². The third-order valence-electron chi connectivity index (χ3n) is 4.76. The predicted molar refractivity (Wildman–Crippen MR) is 93.2 cm³/mol. The lowest BCUT2D eigenvalue weighted by Gasteiger charge is -2.34. The number of aromatic hydroxyl groups is 1. The maximum absolute atomic E-state index is 13.1. The largest absolute Gasteiger partial charge is 0.508 e. The van der Waals surface area contributed by atoms with Crippen LogP contribution in [0.15, 0.2) is 18.2 Å². The van der Waals surface area contributed by atoms with E-state index >= 15 is 0 Å². The average Bonchev–Trinajstić information content (AvgIpc) is 2.55. The van der Waals surface area contributed by atoms with Crippen molar-refractivity contribution in [3.63, 3.8) is 0 Å². The number of anilines is 1. The van der Waals surface area contributed by atoms with Crippen molar-refractivity contribution in [3.8, 4) is 5.75 Å². The van der Waals surface area contributed by atoms with Crippen molar-refractivity contribution >= 4 is 17.6 Å². The first kappa shape index (κ1) is 18.3. The Morgan fingerprint density at radius 2 is 1.83 bits per heavy atom. The number of carbonyl (C=O) groups is 2. The van der Waals surface area contributed by atoms with Gasteiger partial charge in [-0.1, -0.05) is 6.92 Å². The molecule has 132 valence electrons. The molecule has 24 heavy (non-hydrogen) atoms. The highest BCUT2D eigenvalue weighted by atomic mass is 16.5. The summed E-state index contributed by atoms with van der Waals surface area (Å²) >= 11 is 0. The number of hydrogen-bond acceptors (Lipinski definition) is 4. The van der Waals surface area contributed by atoms with Crippen molar-refractivity contribution in [3.05, 3.63) is 23.8 Å². The van der Waals surface area contributed by atoms with Crippen molar-refractivity contribution in [1.29, 1.82) is 0 Å². The SMILES string of the molecule is COC(=O)c1cc(O)ccc1N(C(=O)C1CCC(C)CC1)C(C)C. The van der Waals surface area contributed by atoms with Gasteiger partial charge in [-0.3, -0.25) is 4.79 Å². The zero-order valence-corrected chi connectivity index (χ0v) is 14.9. The zero-order chi connectivity index (χ0) is 17.9. The van der Waals surface area contributed by atoms with Gasteiger partial charge in [-0.15, -0.1) is 0 Å². The van der Waals surface area contributed by atoms with Crippen LogP contribution in [0.25, 0.3) is 0 Å². The van der Waals surface area contributed by atoms with Gasteiger partial charge in [0.05, 0.1) is 18.4 Å². The molecule has 0 spiro atoms. The number of benzene rings is 1. The Balaban J connectivity index is 2.37. The molecule has 0 saturated heterocycles. The summed E-state index contributed by atoms with van der Waals surface area (Å²) in [6, 6.07) is 4.37. The Hall–Kier alpha value is -2.04. The lowest BCUT2D eigenvalue weighted by molar-refractivity contribution is -0.123.